The fraction of sp³-hybridized carbons (Fsp3) is 0.194. The van der Waals surface area contributed by atoms with Gasteiger partial charge in [-0.2, -0.15) is 13.2 Å². The largest absolute Gasteiger partial charge is 0.416 e. The van der Waals surface area contributed by atoms with Crippen molar-refractivity contribution in [3.8, 4) is 10.7 Å². The molecule has 9 heteroatoms. The van der Waals surface area contributed by atoms with E-state index in [1.807, 2.05) is 60.0 Å². The molecule has 0 atom stereocenters. The van der Waals surface area contributed by atoms with Gasteiger partial charge in [0.25, 0.3) is 0 Å². The van der Waals surface area contributed by atoms with Crippen LogP contribution in [-0.2, 0) is 23.9 Å². The first-order valence-corrected chi connectivity index (χ1v) is 13.8. The predicted octanol–water partition coefficient (Wildman–Crippen LogP) is 7.13. The molecule has 0 aliphatic heterocycles. The first-order valence-electron chi connectivity index (χ1n) is 12.9. The molecular weight excluding hydrogens is 533 g/mol. The van der Waals surface area contributed by atoms with Crippen LogP contribution in [0.5, 0.6) is 0 Å². The number of anilines is 1. The summed E-state index contributed by atoms with van der Waals surface area (Å²) in [7, 11) is 0. The lowest BCUT2D eigenvalue weighted by molar-refractivity contribution is -0.137. The quantitative estimate of drug-likeness (QED) is 0.197. The van der Waals surface area contributed by atoms with E-state index >= 15 is 0 Å². The first kappa shape index (κ1) is 27.3. The molecule has 3 aromatic carbocycles. The number of hydrogen-bond donors (Lipinski definition) is 1. The maximum Gasteiger partial charge on any atom is 0.416 e. The molecule has 2 aromatic heterocycles. The summed E-state index contributed by atoms with van der Waals surface area (Å²) in [6.45, 7) is 1.02. The Bertz CT molecular complexity index is 1570. The number of para-hydroxylation sites is 1. The molecule has 0 bridgehead atoms. The van der Waals surface area contributed by atoms with Gasteiger partial charge in [0.1, 0.15) is 5.82 Å². The minimum atomic E-state index is -4.43. The van der Waals surface area contributed by atoms with E-state index < -0.39 is 11.7 Å². The Labute approximate surface area is 234 Å². The van der Waals surface area contributed by atoms with E-state index in [0.29, 0.717) is 24.5 Å². The van der Waals surface area contributed by atoms with Crippen molar-refractivity contribution in [2.75, 3.05) is 18.0 Å². The van der Waals surface area contributed by atoms with Crippen molar-refractivity contribution in [2.24, 2.45) is 0 Å². The van der Waals surface area contributed by atoms with Crippen LogP contribution >= 0.6 is 11.3 Å². The topological polar surface area (TPSA) is 58.1 Å². The smallest absolute Gasteiger partial charge is 0.355 e. The summed E-state index contributed by atoms with van der Waals surface area (Å²) in [6.07, 6.45) is -3.53. The number of hydrogen-bond acceptors (Lipinski definition) is 5. The highest BCUT2D eigenvalue weighted by Crippen LogP contribution is 2.31. The zero-order valence-corrected chi connectivity index (χ0v) is 22.4. The van der Waals surface area contributed by atoms with E-state index in [1.165, 1.54) is 11.6 Å². The molecule has 5 nitrogen and oxygen atoms in total. The number of carbonyl (C=O) groups is 1. The number of aromatic nitrogens is 2. The third-order valence-corrected chi connectivity index (χ3v) is 7.36. The number of carbonyl (C=O) groups excluding carboxylic acids is 1. The standard InChI is InChI=1S/C31H27F3N4OS/c32-31(33,34)24-11-6-10-23(20-24)21-35-28(39)16-18-38(17-15-22-8-2-1-3-9-22)30-25-12-4-5-13-26(25)36-29(37-30)27-14-7-19-40-27/h1-14,19-20H,15-18,21H2,(H,35,39). The highest BCUT2D eigenvalue weighted by molar-refractivity contribution is 7.13. The molecular formula is C31H27F3N4OS. The molecule has 5 rings (SSSR count). The molecule has 0 saturated carbocycles. The number of nitrogens with one attached hydrogen (secondary N) is 1. The number of amides is 1. The Morgan fingerprint density at radius 2 is 1.62 bits per heavy atom. The average Bonchev–Trinajstić information content (AvgIpc) is 3.51. The van der Waals surface area contributed by atoms with Crippen molar-refractivity contribution in [2.45, 2.75) is 25.6 Å². The van der Waals surface area contributed by atoms with Gasteiger partial charge in [-0.05, 0) is 53.3 Å². The molecule has 204 valence electrons. The van der Waals surface area contributed by atoms with Crippen molar-refractivity contribution in [1.29, 1.82) is 0 Å². The minimum absolute atomic E-state index is 0.0196. The lowest BCUT2D eigenvalue weighted by atomic mass is 10.1. The van der Waals surface area contributed by atoms with E-state index in [9.17, 15) is 18.0 Å². The van der Waals surface area contributed by atoms with Gasteiger partial charge in [-0.1, -0.05) is 60.7 Å². The predicted molar refractivity (Wildman–Crippen MR) is 153 cm³/mol. The number of thiophene rings is 1. The van der Waals surface area contributed by atoms with E-state index in [1.54, 1.807) is 17.4 Å². The highest BCUT2D eigenvalue weighted by atomic mass is 32.1. The molecule has 0 unspecified atom stereocenters. The maximum atomic E-state index is 13.1. The van der Waals surface area contributed by atoms with Crippen LogP contribution in [0.4, 0.5) is 19.0 Å². The van der Waals surface area contributed by atoms with E-state index in [2.05, 4.69) is 22.3 Å². The zero-order valence-electron chi connectivity index (χ0n) is 21.6. The Morgan fingerprint density at radius 3 is 2.40 bits per heavy atom. The second kappa shape index (κ2) is 12.3. The maximum absolute atomic E-state index is 13.1. The second-order valence-electron chi connectivity index (χ2n) is 9.31. The fourth-order valence-corrected chi connectivity index (χ4v) is 5.09. The van der Waals surface area contributed by atoms with Gasteiger partial charge in [0, 0.05) is 31.4 Å². The molecule has 0 aliphatic rings. The van der Waals surface area contributed by atoms with Gasteiger partial charge in [0.15, 0.2) is 5.82 Å². The van der Waals surface area contributed by atoms with Crippen molar-refractivity contribution in [3.63, 3.8) is 0 Å². The van der Waals surface area contributed by atoms with Crippen molar-refractivity contribution in [3.05, 3.63) is 113 Å². The summed E-state index contributed by atoms with van der Waals surface area (Å²) < 4.78 is 39.2. The zero-order chi connectivity index (χ0) is 28.0. The molecule has 0 saturated heterocycles. The van der Waals surface area contributed by atoms with Gasteiger partial charge in [0.2, 0.25) is 5.91 Å². The third kappa shape index (κ3) is 6.84. The number of halogens is 3. The van der Waals surface area contributed by atoms with Gasteiger partial charge in [-0.3, -0.25) is 4.79 Å². The van der Waals surface area contributed by atoms with Gasteiger partial charge in [-0.15, -0.1) is 11.3 Å². The molecule has 0 spiro atoms. The van der Waals surface area contributed by atoms with Crippen molar-refractivity contribution >= 4 is 34.0 Å². The van der Waals surface area contributed by atoms with Crippen LogP contribution in [0, 0.1) is 0 Å². The van der Waals surface area contributed by atoms with Crippen molar-refractivity contribution in [1.82, 2.24) is 15.3 Å². The highest BCUT2D eigenvalue weighted by Gasteiger charge is 2.30. The summed E-state index contributed by atoms with van der Waals surface area (Å²) in [5.74, 6) is 1.12. The number of alkyl halides is 3. The molecule has 0 fully saturated rings. The van der Waals surface area contributed by atoms with E-state index in [0.717, 1.165) is 40.2 Å². The van der Waals surface area contributed by atoms with Crippen LogP contribution in [0.1, 0.15) is 23.1 Å². The lowest BCUT2D eigenvalue weighted by Gasteiger charge is -2.25. The summed E-state index contributed by atoms with van der Waals surface area (Å²) >= 11 is 1.56. The monoisotopic (exact) mass is 560 g/mol. The van der Waals surface area contributed by atoms with Crippen LogP contribution in [0.25, 0.3) is 21.6 Å². The van der Waals surface area contributed by atoms with Crippen LogP contribution in [0.2, 0.25) is 0 Å². The summed E-state index contributed by atoms with van der Waals surface area (Å²) in [6, 6.07) is 26.8. The Morgan fingerprint density at radius 1 is 0.850 bits per heavy atom. The molecule has 40 heavy (non-hydrogen) atoms. The first-order chi connectivity index (χ1) is 19.4. The number of rotatable bonds is 10. The van der Waals surface area contributed by atoms with Gasteiger partial charge in [-0.25, -0.2) is 9.97 Å². The SMILES string of the molecule is O=C(CCN(CCc1ccccc1)c1nc(-c2cccs2)nc2ccccc12)NCc1cccc(C(F)(F)F)c1. The molecule has 5 aromatic rings. The third-order valence-electron chi connectivity index (χ3n) is 6.49. The van der Waals surface area contributed by atoms with Crippen molar-refractivity contribution < 1.29 is 18.0 Å². The van der Waals surface area contributed by atoms with E-state index in [4.69, 9.17) is 9.97 Å². The Hall–Kier alpha value is -4.24. The van der Waals surface area contributed by atoms with Gasteiger partial charge in [0.05, 0.1) is 16.0 Å². The second-order valence-corrected chi connectivity index (χ2v) is 10.3. The fourth-order valence-electron chi connectivity index (χ4n) is 4.43. The molecule has 0 aliphatic carbocycles. The van der Waals surface area contributed by atoms with Crippen LogP contribution in [0.3, 0.4) is 0 Å². The number of nitrogens with zero attached hydrogens (tertiary/aromatic N) is 3. The lowest BCUT2D eigenvalue weighted by Crippen LogP contribution is -2.33. The summed E-state index contributed by atoms with van der Waals surface area (Å²) in [5.41, 5.74) is 1.64. The summed E-state index contributed by atoms with van der Waals surface area (Å²) in [5, 5.41) is 5.64. The van der Waals surface area contributed by atoms with Crippen LogP contribution < -0.4 is 10.2 Å². The van der Waals surface area contributed by atoms with Gasteiger partial charge >= 0.3 is 6.18 Å². The molecule has 2 heterocycles. The normalized spacial score (nSPS) is 11.5. The van der Waals surface area contributed by atoms with Crippen LogP contribution in [-0.4, -0.2) is 29.0 Å². The Balaban J connectivity index is 1.36. The van der Waals surface area contributed by atoms with E-state index in [-0.39, 0.29) is 18.9 Å². The molecule has 1 amide bonds. The van der Waals surface area contributed by atoms with Gasteiger partial charge < -0.3 is 10.2 Å². The Kier molecular flexibility index (Phi) is 8.40. The summed E-state index contributed by atoms with van der Waals surface area (Å²) in [4.78, 5) is 25.6. The minimum Gasteiger partial charge on any atom is -0.355 e. The van der Waals surface area contributed by atoms with Crippen LogP contribution in [0.15, 0.2) is 96.4 Å². The number of fused-ring (bicyclic) bond motifs is 1. The number of benzene rings is 3. The average molecular weight is 561 g/mol. The molecule has 0 radical (unpaired) electrons. The molecule has 1 N–H and O–H groups in total.